The third-order valence-electron chi connectivity index (χ3n) is 3.38. The van der Waals surface area contributed by atoms with Gasteiger partial charge in [-0.05, 0) is 25.0 Å². The van der Waals surface area contributed by atoms with Crippen LogP contribution in [0.25, 0.3) is 0 Å². The van der Waals surface area contributed by atoms with Gasteiger partial charge >= 0.3 is 18.0 Å². The molecule has 0 atom stereocenters. The van der Waals surface area contributed by atoms with Crippen molar-refractivity contribution in [3.8, 4) is 0 Å². The van der Waals surface area contributed by atoms with Gasteiger partial charge in [-0.3, -0.25) is 9.59 Å². The second kappa shape index (κ2) is 7.40. The highest BCUT2D eigenvalue weighted by Crippen LogP contribution is 2.28. The minimum atomic E-state index is -4.65. The summed E-state index contributed by atoms with van der Waals surface area (Å²) in [5.41, 5.74) is -2.31. The van der Waals surface area contributed by atoms with Gasteiger partial charge in [0.2, 0.25) is 0 Å². The smallest absolute Gasteiger partial charge is 0.388 e. The highest BCUT2D eigenvalue weighted by Gasteiger charge is 2.32. The number of pyridine rings is 1. The Balaban J connectivity index is 2.68. The van der Waals surface area contributed by atoms with Gasteiger partial charge in [0.1, 0.15) is 11.5 Å². The zero-order valence-electron chi connectivity index (χ0n) is 12.7. The number of rotatable bonds is 5. The van der Waals surface area contributed by atoms with Gasteiger partial charge in [0.25, 0.3) is 0 Å². The summed E-state index contributed by atoms with van der Waals surface area (Å²) in [6, 6.07) is 2.95. The maximum atomic E-state index is 12.5. The van der Waals surface area contributed by atoms with E-state index in [9.17, 15) is 27.9 Å². The average Bonchev–Trinajstić information content (AvgIpc) is 2.51. The Hall–Kier alpha value is -2.16. The second-order valence-corrected chi connectivity index (χ2v) is 4.97. The van der Waals surface area contributed by atoms with Gasteiger partial charge < -0.3 is 15.7 Å². The van der Waals surface area contributed by atoms with Crippen LogP contribution in [0.3, 0.4) is 0 Å². The van der Waals surface area contributed by atoms with Gasteiger partial charge in [0, 0.05) is 6.54 Å². The summed E-state index contributed by atoms with van der Waals surface area (Å²) in [5.74, 6) is -2.61. The van der Waals surface area contributed by atoms with E-state index in [1.54, 1.807) is 13.8 Å². The van der Waals surface area contributed by atoms with Crippen molar-refractivity contribution in [3.05, 3.63) is 23.9 Å². The van der Waals surface area contributed by atoms with Crippen LogP contribution in [0.2, 0.25) is 0 Å². The number of halogens is 3. The van der Waals surface area contributed by atoms with Crippen LogP contribution in [0, 0.1) is 0 Å². The van der Waals surface area contributed by atoms with E-state index in [1.807, 2.05) is 5.32 Å². The van der Waals surface area contributed by atoms with Crippen molar-refractivity contribution in [1.82, 2.24) is 10.3 Å². The van der Waals surface area contributed by atoms with Crippen LogP contribution < -0.4 is 10.6 Å². The number of aliphatic hydroxyl groups is 1. The number of carbonyl (C=O) groups excluding carboxylic acids is 2. The standard InChI is InChI=1S/C14H18F3N3O3/c1-3-13(23,4-2)8-18-11(21)12(22)20-10-7-5-6-9(19-10)14(15,16)17/h5-7,23H,3-4,8H2,1-2H3,(H,18,21)(H,19,20,22). The highest BCUT2D eigenvalue weighted by atomic mass is 19.4. The largest absolute Gasteiger partial charge is 0.433 e. The molecular formula is C14H18F3N3O3. The third kappa shape index (κ3) is 5.51. The van der Waals surface area contributed by atoms with Gasteiger partial charge in [0.05, 0.1) is 5.60 Å². The maximum Gasteiger partial charge on any atom is 0.433 e. The summed E-state index contributed by atoms with van der Waals surface area (Å²) < 4.78 is 37.5. The Bertz CT molecular complexity index is 572. The monoisotopic (exact) mass is 333 g/mol. The Labute approximate surface area is 131 Å². The molecule has 0 aromatic carbocycles. The zero-order chi connectivity index (χ0) is 17.7. The molecule has 1 rings (SSSR count). The maximum absolute atomic E-state index is 12.5. The predicted molar refractivity (Wildman–Crippen MR) is 76.4 cm³/mol. The normalized spacial score (nSPS) is 11.9. The summed E-state index contributed by atoms with van der Waals surface area (Å²) in [6.07, 6.45) is -3.90. The van der Waals surface area contributed by atoms with E-state index in [0.29, 0.717) is 12.8 Å². The fourth-order valence-electron chi connectivity index (χ4n) is 1.66. The lowest BCUT2D eigenvalue weighted by Gasteiger charge is -2.25. The molecule has 0 fully saturated rings. The number of anilines is 1. The van der Waals surface area contributed by atoms with E-state index in [4.69, 9.17) is 0 Å². The molecule has 1 aromatic heterocycles. The SMILES string of the molecule is CCC(O)(CC)CNC(=O)C(=O)Nc1cccc(C(F)(F)F)n1. The number of hydrogen-bond acceptors (Lipinski definition) is 4. The molecule has 0 saturated heterocycles. The van der Waals surface area contributed by atoms with Gasteiger partial charge in [-0.2, -0.15) is 13.2 Å². The minimum absolute atomic E-state index is 0.137. The lowest BCUT2D eigenvalue weighted by atomic mass is 9.98. The van der Waals surface area contributed by atoms with E-state index >= 15 is 0 Å². The molecule has 0 aliphatic rings. The summed E-state index contributed by atoms with van der Waals surface area (Å²) in [4.78, 5) is 26.5. The first-order valence-electron chi connectivity index (χ1n) is 6.97. The summed E-state index contributed by atoms with van der Waals surface area (Å²) >= 11 is 0. The number of aromatic nitrogens is 1. The first kappa shape index (κ1) is 18.9. The summed E-state index contributed by atoms with van der Waals surface area (Å²) in [7, 11) is 0. The fraction of sp³-hybridized carbons (Fsp3) is 0.500. The third-order valence-corrected chi connectivity index (χ3v) is 3.38. The molecular weight excluding hydrogens is 315 g/mol. The van der Waals surface area contributed by atoms with Crippen LogP contribution in [-0.4, -0.2) is 34.1 Å². The predicted octanol–water partition coefficient (Wildman–Crippen LogP) is 1.71. The van der Waals surface area contributed by atoms with Crippen LogP contribution in [0.4, 0.5) is 19.0 Å². The summed E-state index contributed by atoms with van der Waals surface area (Å²) in [5, 5.41) is 14.2. The average molecular weight is 333 g/mol. The minimum Gasteiger partial charge on any atom is -0.388 e. The van der Waals surface area contributed by atoms with Crippen molar-refractivity contribution >= 4 is 17.6 Å². The van der Waals surface area contributed by atoms with Gasteiger partial charge in [-0.1, -0.05) is 19.9 Å². The molecule has 0 aliphatic carbocycles. The molecule has 0 aliphatic heterocycles. The number of nitrogens with zero attached hydrogens (tertiary/aromatic N) is 1. The van der Waals surface area contributed by atoms with Crippen molar-refractivity contribution in [1.29, 1.82) is 0 Å². The van der Waals surface area contributed by atoms with Crippen LogP contribution in [-0.2, 0) is 15.8 Å². The fourth-order valence-corrected chi connectivity index (χ4v) is 1.66. The van der Waals surface area contributed by atoms with E-state index in [2.05, 4.69) is 10.3 Å². The van der Waals surface area contributed by atoms with Crippen molar-refractivity contribution < 1.29 is 27.9 Å². The number of nitrogens with one attached hydrogen (secondary N) is 2. The number of hydrogen-bond donors (Lipinski definition) is 3. The van der Waals surface area contributed by atoms with Gasteiger partial charge in [-0.15, -0.1) is 0 Å². The molecule has 0 bridgehead atoms. The van der Waals surface area contributed by atoms with E-state index in [-0.39, 0.29) is 12.4 Å². The Kier molecular flexibility index (Phi) is 6.08. The van der Waals surface area contributed by atoms with Gasteiger partial charge in [0.15, 0.2) is 0 Å². The van der Waals surface area contributed by atoms with E-state index < -0.39 is 29.3 Å². The van der Waals surface area contributed by atoms with Crippen molar-refractivity contribution in [2.24, 2.45) is 0 Å². The molecule has 9 heteroatoms. The molecule has 6 nitrogen and oxygen atoms in total. The van der Waals surface area contributed by atoms with Crippen molar-refractivity contribution in [3.63, 3.8) is 0 Å². The molecule has 23 heavy (non-hydrogen) atoms. The van der Waals surface area contributed by atoms with Crippen molar-refractivity contribution in [2.45, 2.75) is 38.5 Å². The Morgan fingerprint density at radius 2 is 1.78 bits per heavy atom. The van der Waals surface area contributed by atoms with Crippen LogP contribution in [0.15, 0.2) is 18.2 Å². The first-order valence-corrected chi connectivity index (χ1v) is 6.97. The molecule has 0 spiro atoms. The Morgan fingerprint density at radius 3 is 2.30 bits per heavy atom. The molecule has 0 saturated carbocycles. The molecule has 1 aromatic rings. The molecule has 0 unspecified atom stereocenters. The van der Waals surface area contributed by atoms with Crippen LogP contribution in [0.5, 0.6) is 0 Å². The quantitative estimate of drug-likeness (QED) is 0.715. The zero-order valence-corrected chi connectivity index (χ0v) is 12.7. The van der Waals surface area contributed by atoms with Crippen molar-refractivity contribution in [2.75, 3.05) is 11.9 Å². The van der Waals surface area contributed by atoms with Gasteiger partial charge in [-0.25, -0.2) is 4.98 Å². The lowest BCUT2D eigenvalue weighted by Crippen LogP contribution is -2.45. The first-order chi connectivity index (χ1) is 10.6. The molecule has 3 N–H and O–H groups in total. The molecule has 128 valence electrons. The number of alkyl halides is 3. The Morgan fingerprint density at radius 1 is 1.17 bits per heavy atom. The molecule has 1 heterocycles. The van der Waals surface area contributed by atoms with Crippen LogP contribution >= 0.6 is 0 Å². The number of amides is 2. The lowest BCUT2D eigenvalue weighted by molar-refractivity contribution is -0.141. The topological polar surface area (TPSA) is 91.3 Å². The second-order valence-electron chi connectivity index (χ2n) is 4.97. The molecule has 0 radical (unpaired) electrons. The van der Waals surface area contributed by atoms with Crippen LogP contribution in [0.1, 0.15) is 32.4 Å². The highest BCUT2D eigenvalue weighted by molar-refractivity contribution is 6.39. The molecule has 2 amide bonds. The van der Waals surface area contributed by atoms with E-state index in [1.165, 1.54) is 0 Å². The number of carbonyl (C=O) groups is 2. The van der Waals surface area contributed by atoms with E-state index in [0.717, 1.165) is 18.2 Å². The summed E-state index contributed by atoms with van der Waals surface area (Å²) in [6.45, 7) is 3.31.